The normalized spacial score (nSPS) is 11.9. The molecule has 3 aromatic carbocycles. The number of nitriles is 1. The number of hydrogen-bond acceptors (Lipinski definition) is 6. The minimum absolute atomic E-state index is 0.0125. The van der Waals surface area contributed by atoms with Gasteiger partial charge in [-0.15, -0.1) is 11.3 Å². The van der Waals surface area contributed by atoms with Crippen LogP contribution < -0.4 is 4.18 Å². The van der Waals surface area contributed by atoms with Crippen LogP contribution in [0, 0.1) is 11.3 Å². The Balaban J connectivity index is 1.56. The molecule has 1 aromatic heterocycles. The van der Waals surface area contributed by atoms with Gasteiger partial charge in [-0.05, 0) is 60.2 Å². The zero-order chi connectivity index (χ0) is 21.1. The van der Waals surface area contributed by atoms with Gasteiger partial charge in [0.05, 0.1) is 15.8 Å². The van der Waals surface area contributed by atoms with Gasteiger partial charge in [0.25, 0.3) is 0 Å². The zero-order valence-corrected chi connectivity index (χ0v) is 17.7. The maximum absolute atomic E-state index is 12.4. The Bertz CT molecular complexity index is 1350. The maximum Gasteiger partial charge on any atom is 0.339 e. The van der Waals surface area contributed by atoms with Gasteiger partial charge in [-0.25, -0.2) is 4.98 Å². The molecule has 0 saturated carbocycles. The van der Waals surface area contributed by atoms with Crippen molar-refractivity contribution in [1.29, 1.82) is 5.26 Å². The quantitative estimate of drug-likeness (QED) is 0.283. The molecule has 0 aliphatic heterocycles. The molecule has 0 saturated heterocycles. The van der Waals surface area contributed by atoms with Crippen LogP contribution in [0.3, 0.4) is 0 Å². The first-order chi connectivity index (χ1) is 14.4. The van der Waals surface area contributed by atoms with Gasteiger partial charge in [-0.3, -0.25) is 0 Å². The van der Waals surface area contributed by atoms with Crippen LogP contribution in [0.25, 0.3) is 21.9 Å². The number of rotatable bonds is 5. The van der Waals surface area contributed by atoms with Crippen LogP contribution in [-0.4, -0.2) is 13.4 Å². The second-order valence-corrected chi connectivity index (χ2v) is 9.23. The van der Waals surface area contributed by atoms with Crippen molar-refractivity contribution in [1.82, 2.24) is 4.98 Å². The molecule has 4 aromatic rings. The number of nitrogens with zero attached hydrogens (tertiary/aromatic N) is 2. The summed E-state index contributed by atoms with van der Waals surface area (Å²) in [6.45, 7) is 0. The summed E-state index contributed by atoms with van der Waals surface area (Å²) in [5, 5.41) is 10.6. The third kappa shape index (κ3) is 4.36. The summed E-state index contributed by atoms with van der Waals surface area (Å²) >= 11 is 7.24. The Morgan fingerprint density at radius 2 is 1.73 bits per heavy atom. The minimum Gasteiger partial charge on any atom is -0.379 e. The van der Waals surface area contributed by atoms with Crippen molar-refractivity contribution in [2.24, 2.45) is 0 Å². The molecule has 8 heteroatoms. The highest BCUT2D eigenvalue weighted by atomic mass is 35.5. The van der Waals surface area contributed by atoms with Crippen LogP contribution in [0.4, 0.5) is 0 Å². The van der Waals surface area contributed by atoms with Crippen LogP contribution in [0.2, 0.25) is 5.02 Å². The van der Waals surface area contributed by atoms with Crippen LogP contribution in [-0.2, 0) is 10.1 Å². The van der Waals surface area contributed by atoms with Gasteiger partial charge in [-0.1, -0.05) is 35.9 Å². The minimum atomic E-state index is -3.96. The number of halogens is 1. The highest BCUT2D eigenvalue weighted by molar-refractivity contribution is 7.87. The van der Waals surface area contributed by atoms with Crippen molar-refractivity contribution in [2.45, 2.75) is 4.90 Å². The highest BCUT2D eigenvalue weighted by Gasteiger charge is 2.16. The number of thiazole rings is 1. The van der Waals surface area contributed by atoms with E-state index in [1.807, 2.05) is 24.3 Å². The van der Waals surface area contributed by atoms with E-state index in [0.29, 0.717) is 15.6 Å². The van der Waals surface area contributed by atoms with E-state index < -0.39 is 10.1 Å². The molecule has 0 N–H and O–H groups in total. The standard InChI is InChI=1S/C22H13ClN2O3S2/c23-17-7-11-19(12-8-17)30(26,27)28-18-9-5-15(6-10-18)13-16(14-24)22-25-20-3-1-2-4-21(20)29-22/h1-13H. The SMILES string of the molecule is N#CC(=Cc1ccc(OS(=O)(=O)c2ccc(Cl)cc2)cc1)c1nc2ccccc2s1. The maximum atomic E-state index is 12.4. The third-order valence-corrected chi connectivity index (χ3v) is 6.73. The average Bonchev–Trinajstić information content (AvgIpc) is 3.17. The molecule has 30 heavy (non-hydrogen) atoms. The summed E-state index contributed by atoms with van der Waals surface area (Å²) < 4.78 is 30.9. The zero-order valence-electron chi connectivity index (χ0n) is 15.3. The third-order valence-electron chi connectivity index (χ3n) is 4.14. The van der Waals surface area contributed by atoms with Crippen LogP contribution in [0.1, 0.15) is 10.6 Å². The van der Waals surface area contributed by atoms with E-state index in [-0.39, 0.29) is 10.6 Å². The van der Waals surface area contributed by atoms with Crippen LogP contribution in [0.5, 0.6) is 5.75 Å². The number of aromatic nitrogens is 1. The van der Waals surface area contributed by atoms with Crippen molar-refractivity contribution >= 4 is 54.9 Å². The number of hydrogen-bond donors (Lipinski definition) is 0. The molecule has 0 spiro atoms. The van der Waals surface area contributed by atoms with Crippen LogP contribution in [0.15, 0.2) is 77.7 Å². The molecule has 0 amide bonds. The lowest BCUT2D eigenvalue weighted by atomic mass is 10.1. The number of benzene rings is 3. The molecule has 148 valence electrons. The lowest BCUT2D eigenvalue weighted by molar-refractivity contribution is 0.486. The Morgan fingerprint density at radius 1 is 1.03 bits per heavy atom. The highest BCUT2D eigenvalue weighted by Crippen LogP contribution is 2.28. The molecule has 0 radical (unpaired) electrons. The van der Waals surface area contributed by atoms with Crippen molar-refractivity contribution in [3.63, 3.8) is 0 Å². The van der Waals surface area contributed by atoms with E-state index >= 15 is 0 Å². The van der Waals surface area contributed by atoms with Gasteiger partial charge in [0.1, 0.15) is 21.7 Å². The molecule has 0 unspecified atom stereocenters. The molecule has 0 fully saturated rings. The molecule has 0 atom stereocenters. The Labute approximate surface area is 182 Å². The average molecular weight is 453 g/mol. The Kier molecular flexibility index (Phi) is 5.55. The lowest BCUT2D eigenvalue weighted by Gasteiger charge is -2.07. The topological polar surface area (TPSA) is 80.0 Å². The second kappa shape index (κ2) is 8.28. The molecular formula is C22H13ClN2O3S2. The van der Waals surface area contributed by atoms with E-state index in [1.54, 1.807) is 18.2 Å². The van der Waals surface area contributed by atoms with E-state index in [2.05, 4.69) is 11.1 Å². The smallest absolute Gasteiger partial charge is 0.339 e. The summed E-state index contributed by atoms with van der Waals surface area (Å²) in [5.41, 5.74) is 2.00. The summed E-state index contributed by atoms with van der Waals surface area (Å²) in [5.74, 6) is 0.167. The van der Waals surface area contributed by atoms with Crippen LogP contribution >= 0.6 is 22.9 Å². The summed E-state index contributed by atoms with van der Waals surface area (Å²) in [6.07, 6.45) is 1.70. The van der Waals surface area contributed by atoms with Crippen molar-refractivity contribution < 1.29 is 12.6 Å². The predicted octanol–water partition coefficient (Wildman–Crippen LogP) is 5.78. The second-order valence-electron chi connectivity index (χ2n) is 6.22. The van der Waals surface area contributed by atoms with Crippen molar-refractivity contribution in [2.75, 3.05) is 0 Å². The van der Waals surface area contributed by atoms with E-state index in [9.17, 15) is 13.7 Å². The molecule has 0 aliphatic carbocycles. The van der Waals surface area contributed by atoms with E-state index in [4.69, 9.17) is 15.8 Å². The molecule has 0 aliphatic rings. The predicted molar refractivity (Wildman–Crippen MR) is 119 cm³/mol. The lowest BCUT2D eigenvalue weighted by Crippen LogP contribution is -2.09. The van der Waals surface area contributed by atoms with E-state index in [0.717, 1.165) is 15.8 Å². The first-order valence-corrected chi connectivity index (χ1v) is 11.3. The van der Waals surface area contributed by atoms with Gasteiger partial charge >= 0.3 is 10.1 Å². The van der Waals surface area contributed by atoms with Gasteiger partial charge < -0.3 is 4.18 Å². The molecule has 1 heterocycles. The van der Waals surface area contributed by atoms with Gasteiger partial charge in [0.2, 0.25) is 0 Å². The first-order valence-electron chi connectivity index (χ1n) is 8.72. The summed E-state index contributed by atoms with van der Waals surface area (Å²) in [6, 6.07) is 22.0. The Hall–Kier alpha value is -3.18. The largest absolute Gasteiger partial charge is 0.379 e. The number of allylic oxidation sites excluding steroid dienone is 1. The summed E-state index contributed by atoms with van der Waals surface area (Å²) in [7, 11) is -3.96. The van der Waals surface area contributed by atoms with Gasteiger partial charge in [0, 0.05) is 5.02 Å². The molecule has 4 rings (SSSR count). The summed E-state index contributed by atoms with van der Waals surface area (Å²) in [4.78, 5) is 4.51. The van der Waals surface area contributed by atoms with E-state index in [1.165, 1.54) is 47.7 Å². The number of fused-ring (bicyclic) bond motifs is 1. The fraction of sp³-hybridized carbons (Fsp3) is 0. The fourth-order valence-corrected chi connectivity index (χ4v) is 4.68. The van der Waals surface area contributed by atoms with Crippen molar-refractivity contribution in [3.05, 3.63) is 88.4 Å². The molecule has 5 nitrogen and oxygen atoms in total. The van der Waals surface area contributed by atoms with Gasteiger partial charge in [-0.2, -0.15) is 13.7 Å². The Morgan fingerprint density at radius 3 is 2.40 bits per heavy atom. The first kappa shape index (κ1) is 20.1. The molecule has 0 bridgehead atoms. The molecular weight excluding hydrogens is 440 g/mol. The monoisotopic (exact) mass is 452 g/mol. The number of para-hydroxylation sites is 1. The van der Waals surface area contributed by atoms with Crippen molar-refractivity contribution in [3.8, 4) is 11.8 Å². The van der Waals surface area contributed by atoms with Gasteiger partial charge in [0.15, 0.2) is 0 Å². The fourth-order valence-electron chi connectivity index (χ4n) is 2.69.